The number of hydrogen-bond acceptors (Lipinski definition) is 8. The van der Waals surface area contributed by atoms with Gasteiger partial charge in [-0.05, 0) is 18.2 Å². The normalized spacial score (nSPS) is 29.4. The molecule has 0 aromatic heterocycles. The fourth-order valence-electron chi connectivity index (χ4n) is 2.31. The monoisotopic (exact) mass is 424 g/mol. The highest BCUT2D eigenvalue weighted by molar-refractivity contribution is 7.99. The van der Waals surface area contributed by atoms with Gasteiger partial charge in [0.15, 0.2) is 0 Å². The van der Waals surface area contributed by atoms with Gasteiger partial charge in [-0.25, -0.2) is 4.79 Å². The molecule has 2 rings (SSSR count). The maximum Gasteiger partial charge on any atom is 0.353 e. The number of halogens is 2. The molecule has 1 heterocycles. The van der Waals surface area contributed by atoms with E-state index in [2.05, 4.69) is 5.32 Å². The van der Waals surface area contributed by atoms with Crippen molar-refractivity contribution in [1.82, 2.24) is 5.32 Å². The van der Waals surface area contributed by atoms with Crippen LogP contribution in [0.25, 0.3) is 0 Å². The average molecular weight is 425 g/mol. The first-order chi connectivity index (χ1) is 12.2. The summed E-state index contributed by atoms with van der Waals surface area (Å²) >= 11 is 13.0. The molecule has 0 amide bonds. The molecule has 0 radical (unpaired) electrons. The molecule has 144 valence electrons. The summed E-state index contributed by atoms with van der Waals surface area (Å²) in [5.41, 5.74) is 3.94. The second-order valence-corrected chi connectivity index (χ2v) is 7.48. The number of nitrogens with two attached hydrogens (primary N) is 1. The van der Waals surface area contributed by atoms with Crippen LogP contribution in [0.15, 0.2) is 35.0 Å². The van der Waals surface area contributed by atoms with Gasteiger partial charge in [0, 0.05) is 11.1 Å². The van der Waals surface area contributed by atoms with Crippen LogP contribution in [0.2, 0.25) is 10.0 Å². The Labute approximate surface area is 163 Å². The molecule has 5 atom stereocenters. The van der Waals surface area contributed by atoms with Gasteiger partial charge in [0.25, 0.3) is 0 Å². The maximum atomic E-state index is 10.8. The summed E-state index contributed by atoms with van der Waals surface area (Å²) < 4.78 is 5.55. The molecular weight excluding hydrogens is 407 g/mol. The Kier molecular flexibility index (Phi) is 7.42. The van der Waals surface area contributed by atoms with E-state index in [0.717, 1.165) is 18.0 Å². The lowest BCUT2D eigenvalue weighted by Crippen LogP contribution is -2.62. The number of aliphatic hydroxyl groups is 3. The van der Waals surface area contributed by atoms with Gasteiger partial charge < -0.3 is 36.2 Å². The number of benzene rings is 1. The van der Waals surface area contributed by atoms with E-state index in [1.54, 1.807) is 18.2 Å². The Balaban J connectivity index is 2.19. The number of nitrogens with one attached hydrogen (secondary N) is 1. The molecular formula is C15H18Cl2N2O6S. The van der Waals surface area contributed by atoms with Crippen LogP contribution in [0.3, 0.4) is 0 Å². The number of ether oxygens (including phenoxy) is 1. The average Bonchev–Trinajstić information content (AvgIpc) is 2.60. The minimum Gasteiger partial charge on any atom is -0.477 e. The third-order valence-corrected chi connectivity index (χ3v) is 5.59. The third kappa shape index (κ3) is 4.95. The zero-order chi connectivity index (χ0) is 19.4. The van der Waals surface area contributed by atoms with Crippen molar-refractivity contribution in [3.8, 4) is 0 Å². The zero-order valence-corrected chi connectivity index (χ0v) is 15.6. The van der Waals surface area contributed by atoms with E-state index in [0.29, 0.717) is 14.9 Å². The SMILES string of the molecule is N/C(=C\NC1C(O)C(CO)OC(Sc2ccc(Cl)c(Cl)c2)C1O)C(=O)O. The van der Waals surface area contributed by atoms with Crippen LogP contribution in [0.4, 0.5) is 0 Å². The Bertz CT molecular complexity index is 692. The number of carboxylic acid groups (broad SMARTS) is 1. The molecule has 1 aliphatic rings. The van der Waals surface area contributed by atoms with Gasteiger partial charge >= 0.3 is 5.97 Å². The summed E-state index contributed by atoms with van der Waals surface area (Å²) in [7, 11) is 0. The molecule has 0 bridgehead atoms. The summed E-state index contributed by atoms with van der Waals surface area (Å²) in [6, 6.07) is 3.85. The molecule has 1 saturated heterocycles. The van der Waals surface area contributed by atoms with Crippen molar-refractivity contribution in [2.75, 3.05) is 6.61 Å². The van der Waals surface area contributed by atoms with Crippen LogP contribution >= 0.6 is 35.0 Å². The van der Waals surface area contributed by atoms with Gasteiger partial charge in [-0.2, -0.15) is 0 Å². The van der Waals surface area contributed by atoms with E-state index >= 15 is 0 Å². The second-order valence-electron chi connectivity index (χ2n) is 5.50. The first kappa shape index (κ1) is 21.1. The van der Waals surface area contributed by atoms with Crippen molar-refractivity contribution in [2.24, 2.45) is 5.73 Å². The van der Waals surface area contributed by atoms with Crippen molar-refractivity contribution < 1.29 is 30.0 Å². The predicted molar refractivity (Wildman–Crippen MR) is 96.9 cm³/mol. The second kappa shape index (κ2) is 9.14. The highest BCUT2D eigenvalue weighted by Gasteiger charge is 2.44. The number of thioether (sulfide) groups is 1. The van der Waals surface area contributed by atoms with Gasteiger partial charge in [0.05, 0.1) is 22.7 Å². The molecule has 1 aromatic carbocycles. The third-order valence-electron chi connectivity index (χ3n) is 3.71. The van der Waals surface area contributed by atoms with Crippen molar-refractivity contribution in [2.45, 2.75) is 34.7 Å². The number of hydrogen-bond donors (Lipinski definition) is 6. The summed E-state index contributed by atoms with van der Waals surface area (Å²) in [5, 5.41) is 42.3. The molecule has 8 nitrogen and oxygen atoms in total. The summed E-state index contributed by atoms with van der Waals surface area (Å²) in [4.78, 5) is 11.4. The molecule has 1 fully saturated rings. The van der Waals surface area contributed by atoms with Gasteiger partial charge in [0.1, 0.15) is 29.4 Å². The van der Waals surface area contributed by atoms with Crippen molar-refractivity contribution >= 4 is 40.9 Å². The fraction of sp³-hybridized carbons (Fsp3) is 0.400. The Morgan fingerprint density at radius 3 is 2.58 bits per heavy atom. The van der Waals surface area contributed by atoms with E-state index in [1.165, 1.54) is 0 Å². The fourth-order valence-corrected chi connectivity index (χ4v) is 3.78. The van der Waals surface area contributed by atoms with E-state index < -0.39 is 48.1 Å². The van der Waals surface area contributed by atoms with Gasteiger partial charge in [-0.1, -0.05) is 35.0 Å². The molecule has 1 aromatic rings. The lowest BCUT2D eigenvalue weighted by molar-refractivity contribution is -0.164. The van der Waals surface area contributed by atoms with Gasteiger partial charge in [-0.3, -0.25) is 0 Å². The van der Waals surface area contributed by atoms with Crippen molar-refractivity contribution in [1.29, 1.82) is 0 Å². The zero-order valence-electron chi connectivity index (χ0n) is 13.3. The molecule has 11 heteroatoms. The minimum absolute atomic E-state index is 0.326. The molecule has 0 spiro atoms. The number of carbonyl (C=O) groups is 1. The quantitative estimate of drug-likeness (QED) is 0.356. The molecule has 0 aliphatic carbocycles. The summed E-state index contributed by atoms with van der Waals surface area (Å²) in [5.74, 6) is -1.35. The Hall–Kier alpha value is -1.20. The molecule has 0 saturated carbocycles. The minimum atomic E-state index is -1.35. The van der Waals surface area contributed by atoms with Crippen LogP contribution < -0.4 is 11.1 Å². The van der Waals surface area contributed by atoms with Gasteiger partial charge in [0.2, 0.25) is 0 Å². The Morgan fingerprint density at radius 1 is 1.31 bits per heavy atom. The van der Waals surface area contributed by atoms with Crippen LogP contribution in [-0.2, 0) is 9.53 Å². The first-order valence-electron chi connectivity index (χ1n) is 7.43. The smallest absolute Gasteiger partial charge is 0.353 e. The van der Waals surface area contributed by atoms with E-state index in [4.69, 9.17) is 38.8 Å². The maximum absolute atomic E-state index is 10.8. The van der Waals surface area contributed by atoms with Gasteiger partial charge in [-0.15, -0.1) is 0 Å². The number of aliphatic carboxylic acids is 1. The summed E-state index contributed by atoms with van der Waals surface area (Å²) in [6.07, 6.45) is -2.56. The lowest BCUT2D eigenvalue weighted by atomic mass is 9.97. The molecule has 1 aliphatic heterocycles. The predicted octanol–water partition coefficient (Wildman–Crippen LogP) is 0.367. The van der Waals surface area contributed by atoms with E-state index in [9.17, 15) is 20.1 Å². The molecule has 5 unspecified atom stereocenters. The Morgan fingerprint density at radius 2 is 2.00 bits per heavy atom. The highest BCUT2D eigenvalue weighted by Crippen LogP contribution is 2.35. The summed E-state index contributed by atoms with van der Waals surface area (Å²) in [6.45, 7) is -0.497. The van der Waals surface area contributed by atoms with E-state index in [1.807, 2.05) is 0 Å². The van der Waals surface area contributed by atoms with E-state index in [-0.39, 0.29) is 0 Å². The number of aliphatic hydroxyl groups excluding tert-OH is 3. The van der Waals surface area contributed by atoms with Crippen LogP contribution in [0.1, 0.15) is 0 Å². The number of rotatable bonds is 6. The molecule has 7 N–H and O–H groups in total. The lowest BCUT2D eigenvalue weighted by Gasteiger charge is -2.42. The molecule has 26 heavy (non-hydrogen) atoms. The topological polar surface area (TPSA) is 145 Å². The first-order valence-corrected chi connectivity index (χ1v) is 9.07. The largest absolute Gasteiger partial charge is 0.477 e. The standard InChI is InChI=1S/C15H18Cl2N2O6S/c16-7-2-1-6(3-8(7)17)26-15-13(22)11(12(21)10(5-20)25-15)19-4-9(18)14(23)24/h1-4,10-13,15,19-22H,5,18H2,(H,23,24)/b9-4-. The van der Waals surface area contributed by atoms with Crippen LogP contribution in [0, 0.1) is 0 Å². The van der Waals surface area contributed by atoms with Crippen LogP contribution in [-0.4, -0.2) is 62.8 Å². The number of carboxylic acids is 1. The van der Waals surface area contributed by atoms with Crippen molar-refractivity contribution in [3.05, 3.63) is 40.1 Å². The van der Waals surface area contributed by atoms with Crippen molar-refractivity contribution in [3.63, 3.8) is 0 Å². The van der Waals surface area contributed by atoms with Crippen LogP contribution in [0.5, 0.6) is 0 Å². The highest BCUT2D eigenvalue weighted by atomic mass is 35.5.